The Bertz CT molecular complexity index is 1220. The topological polar surface area (TPSA) is 124 Å². The zero-order valence-corrected chi connectivity index (χ0v) is 18.6. The van der Waals surface area contributed by atoms with Crippen LogP contribution in [0.5, 0.6) is 17.6 Å². The molecule has 0 aliphatic carbocycles. The monoisotopic (exact) mass is 451 g/mol. The number of anilines is 3. The molecule has 2 heterocycles. The first-order valence-corrected chi connectivity index (χ1v) is 10.3. The summed E-state index contributed by atoms with van der Waals surface area (Å²) < 4.78 is 11.1. The Morgan fingerprint density at radius 3 is 2.44 bits per heavy atom. The summed E-state index contributed by atoms with van der Waals surface area (Å²) in [5, 5.41) is 11.1. The molecule has 32 heavy (non-hydrogen) atoms. The highest BCUT2D eigenvalue weighted by molar-refractivity contribution is 6.32. The highest BCUT2D eigenvalue weighted by atomic mass is 35.5. The van der Waals surface area contributed by atoms with Crippen molar-refractivity contribution in [2.75, 3.05) is 17.7 Å². The summed E-state index contributed by atoms with van der Waals surface area (Å²) >= 11 is 6.24. The molecule has 0 saturated carbocycles. The maximum atomic E-state index is 6.24. The Balaban J connectivity index is 1.46. The normalized spacial score (nSPS) is 10.8. The van der Waals surface area contributed by atoms with Gasteiger partial charge in [-0.05, 0) is 68.3 Å². The fourth-order valence-corrected chi connectivity index (χ4v) is 3.17. The summed E-state index contributed by atoms with van der Waals surface area (Å²) in [6.07, 6.45) is 0. The molecule has 0 saturated heterocycles. The van der Waals surface area contributed by atoms with E-state index in [-0.39, 0.29) is 11.8 Å². The van der Waals surface area contributed by atoms with Gasteiger partial charge in [-0.1, -0.05) is 11.6 Å². The van der Waals surface area contributed by atoms with E-state index >= 15 is 0 Å². The highest BCUT2D eigenvalue weighted by Crippen LogP contribution is 2.28. The van der Waals surface area contributed by atoms with Crippen molar-refractivity contribution in [1.29, 1.82) is 0 Å². The van der Waals surface area contributed by atoms with E-state index in [2.05, 4.69) is 30.5 Å². The molecule has 164 valence electrons. The fraction of sp³-hybridized carbons (Fsp3) is 0.182. The van der Waals surface area contributed by atoms with Gasteiger partial charge in [-0.25, -0.2) is 0 Å². The number of hydrogen-bond donors (Lipinski definition) is 3. The van der Waals surface area contributed by atoms with Crippen LogP contribution in [0, 0.1) is 13.8 Å². The van der Waals surface area contributed by atoms with Gasteiger partial charge < -0.3 is 20.5 Å². The molecule has 0 spiro atoms. The molecule has 10 heteroatoms. The lowest BCUT2D eigenvalue weighted by atomic mass is 10.1. The minimum Gasteiger partial charge on any atom is -0.464 e. The van der Waals surface area contributed by atoms with Gasteiger partial charge in [0.1, 0.15) is 11.6 Å². The molecule has 0 unspecified atom stereocenters. The molecule has 0 fully saturated rings. The third-order valence-electron chi connectivity index (χ3n) is 4.50. The van der Waals surface area contributed by atoms with E-state index in [0.29, 0.717) is 30.0 Å². The zero-order chi connectivity index (χ0) is 22.7. The van der Waals surface area contributed by atoms with Gasteiger partial charge in [-0.3, -0.25) is 5.10 Å². The minimum absolute atomic E-state index is 0.173. The fourth-order valence-electron chi connectivity index (χ4n) is 3.06. The standard InChI is InChI=1S/C22H22ClN7O2/c1-4-31-22-26-17(24)11-18(27-22)32-16-7-5-14(6-8-16)20-28-21(30-29-20)25-15-9-12(2)19(23)13(3)10-15/h5-11H,4H2,1-3H3,(H2,24,26,27)(H2,25,28,29,30). The molecule has 4 N–H and O–H groups in total. The molecule has 0 atom stereocenters. The maximum Gasteiger partial charge on any atom is 0.321 e. The highest BCUT2D eigenvalue weighted by Gasteiger charge is 2.10. The molecule has 4 rings (SSSR count). The van der Waals surface area contributed by atoms with Gasteiger partial charge >= 0.3 is 6.01 Å². The summed E-state index contributed by atoms with van der Waals surface area (Å²) in [6, 6.07) is 12.9. The Labute approximate surface area is 190 Å². The Morgan fingerprint density at radius 2 is 1.75 bits per heavy atom. The van der Waals surface area contributed by atoms with Crippen molar-refractivity contribution in [2.24, 2.45) is 0 Å². The SMILES string of the molecule is CCOc1nc(N)cc(Oc2ccc(-c3nc(Nc4cc(C)c(Cl)c(C)c4)n[nH]3)cc2)n1. The van der Waals surface area contributed by atoms with Crippen LogP contribution < -0.4 is 20.5 Å². The van der Waals surface area contributed by atoms with E-state index in [4.69, 9.17) is 26.8 Å². The molecule has 4 aromatic rings. The van der Waals surface area contributed by atoms with Gasteiger partial charge in [0.25, 0.3) is 0 Å². The van der Waals surface area contributed by atoms with Crippen molar-refractivity contribution in [1.82, 2.24) is 25.1 Å². The quantitative estimate of drug-likeness (QED) is 0.356. The van der Waals surface area contributed by atoms with Crippen LogP contribution in [-0.2, 0) is 0 Å². The number of nitrogen functional groups attached to an aromatic ring is 1. The second-order valence-corrected chi connectivity index (χ2v) is 7.41. The van der Waals surface area contributed by atoms with E-state index in [1.54, 1.807) is 12.1 Å². The number of aryl methyl sites for hydroxylation is 2. The average Bonchev–Trinajstić information content (AvgIpc) is 3.21. The number of ether oxygens (including phenoxy) is 2. The molecule has 2 aromatic heterocycles. The third kappa shape index (κ3) is 4.89. The first-order chi connectivity index (χ1) is 15.4. The summed E-state index contributed by atoms with van der Waals surface area (Å²) in [5.74, 6) is 2.23. The lowest BCUT2D eigenvalue weighted by molar-refractivity contribution is 0.307. The van der Waals surface area contributed by atoms with Crippen LogP contribution in [0.25, 0.3) is 11.4 Å². The molecule has 0 amide bonds. The zero-order valence-electron chi connectivity index (χ0n) is 17.8. The largest absolute Gasteiger partial charge is 0.464 e. The van der Waals surface area contributed by atoms with Crippen molar-refractivity contribution in [3.63, 3.8) is 0 Å². The molecular weight excluding hydrogens is 430 g/mol. The van der Waals surface area contributed by atoms with Crippen LogP contribution in [0.1, 0.15) is 18.1 Å². The average molecular weight is 452 g/mol. The summed E-state index contributed by atoms with van der Waals surface area (Å²) in [5.41, 5.74) is 9.47. The smallest absolute Gasteiger partial charge is 0.321 e. The molecule has 0 bridgehead atoms. The lowest BCUT2D eigenvalue weighted by Crippen LogP contribution is -2.01. The van der Waals surface area contributed by atoms with Crippen LogP contribution in [-0.4, -0.2) is 31.8 Å². The maximum absolute atomic E-state index is 6.24. The van der Waals surface area contributed by atoms with Gasteiger partial charge in [0.2, 0.25) is 11.8 Å². The number of nitrogens with two attached hydrogens (primary N) is 1. The molecule has 2 aromatic carbocycles. The minimum atomic E-state index is 0.173. The second kappa shape index (κ2) is 9.11. The van der Waals surface area contributed by atoms with Gasteiger partial charge in [-0.2, -0.15) is 15.0 Å². The van der Waals surface area contributed by atoms with Gasteiger partial charge in [0.15, 0.2) is 5.82 Å². The van der Waals surface area contributed by atoms with E-state index in [1.807, 2.05) is 45.0 Å². The van der Waals surface area contributed by atoms with Crippen molar-refractivity contribution < 1.29 is 9.47 Å². The number of benzene rings is 2. The van der Waals surface area contributed by atoms with Crippen molar-refractivity contribution in [3.05, 3.63) is 58.6 Å². The summed E-state index contributed by atoms with van der Waals surface area (Å²) in [4.78, 5) is 12.7. The first kappa shape index (κ1) is 21.4. The van der Waals surface area contributed by atoms with Crippen LogP contribution in [0.4, 0.5) is 17.5 Å². The number of aromatic nitrogens is 5. The molecule has 0 aliphatic rings. The number of hydrogen-bond acceptors (Lipinski definition) is 8. The second-order valence-electron chi connectivity index (χ2n) is 7.03. The summed E-state index contributed by atoms with van der Waals surface area (Å²) in [7, 11) is 0. The van der Waals surface area contributed by atoms with Crippen LogP contribution >= 0.6 is 11.6 Å². The third-order valence-corrected chi connectivity index (χ3v) is 5.10. The Hall–Kier alpha value is -3.85. The van der Waals surface area contributed by atoms with Crippen LogP contribution in [0.2, 0.25) is 5.02 Å². The van der Waals surface area contributed by atoms with Crippen LogP contribution in [0.3, 0.4) is 0 Å². The van der Waals surface area contributed by atoms with Gasteiger partial charge in [0.05, 0.1) is 6.61 Å². The van der Waals surface area contributed by atoms with E-state index in [9.17, 15) is 0 Å². The molecule has 9 nitrogen and oxygen atoms in total. The first-order valence-electron chi connectivity index (χ1n) is 9.93. The van der Waals surface area contributed by atoms with Crippen molar-refractivity contribution >= 4 is 29.1 Å². The molecular formula is C22H22ClN7O2. The predicted octanol–water partition coefficient (Wildman–Crippen LogP) is 5.05. The van der Waals surface area contributed by atoms with E-state index < -0.39 is 0 Å². The lowest BCUT2D eigenvalue weighted by Gasteiger charge is -2.08. The van der Waals surface area contributed by atoms with E-state index in [0.717, 1.165) is 27.4 Å². The number of aromatic amines is 1. The number of rotatable bonds is 7. The van der Waals surface area contributed by atoms with Crippen molar-refractivity contribution in [2.45, 2.75) is 20.8 Å². The van der Waals surface area contributed by atoms with Crippen LogP contribution in [0.15, 0.2) is 42.5 Å². The summed E-state index contributed by atoms with van der Waals surface area (Å²) in [6.45, 7) is 6.19. The Kier molecular flexibility index (Phi) is 6.09. The number of H-pyrrole nitrogens is 1. The van der Waals surface area contributed by atoms with Crippen molar-refractivity contribution in [3.8, 4) is 29.0 Å². The number of nitrogens with one attached hydrogen (secondary N) is 2. The van der Waals surface area contributed by atoms with Gasteiger partial charge in [-0.15, -0.1) is 5.10 Å². The van der Waals surface area contributed by atoms with E-state index in [1.165, 1.54) is 6.07 Å². The molecule has 0 radical (unpaired) electrons. The molecule has 0 aliphatic heterocycles. The number of nitrogens with zero attached hydrogens (tertiary/aromatic N) is 4. The van der Waals surface area contributed by atoms with Gasteiger partial charge in [0, 0.05) is 22.3 Å². The number of halogens is 1. The Morgan fingerprint density at radius 1 is 1.03 bits per heavy atom. The predicted molar refractivity (Wildman–Crippen MR) is 124 cm³/mol.